The molecule has 0 saturated heterocycles. The van der Waals surface area contributed by atoms with Gasteiger partial charge in [-0.15, -0.1) is 0 Å². The summed E-state index contributed by atoms with van der Waals surface area (Å²) in [6.45, 7) is 0. The Labute approximate surface area is 121 Å². The van der Waals surface area contributed by atoms with E-state index in [9.17, 15) is 5.11 Å². The van der Waals surface area contributed by atoms with E-state index in [0.717, 1.165) is 5.56 Å². The fraction of sp³-hybridized carbons (Fsp3) is 0. The molecule has 2 rings (SSSR count). The Bertz CT molecular complexity index is 627. The van der Waals surface area contributed by atoms with Crippen LogP contribution in [0.2, 0.25) is 0 Å². The van der Waals surface area contributed by atoms with Gasteiger partial charge >= 0.3 is 0 Å². The zero-order valence-electron chi connectivity index (χ0n) is 10.4. The zero-order chi connectivity index (χ0) is 14.4. The number of hydrogen-bond donors (Lipinski definition) is 4. The standard InChI is InChI=1S/C14H13N3O2S/c18-12-6-4-10(5-7-12)9-15-17-14(20)16-11-2-1-3-13(19)8-11/h1-9,18-19H,(H2,16,17,20)/b15-9+. The lowest BCUT2D eigenvalue weighted by Gasteiger charge is -2.06. The van der Waals surface area contributed by atoms with Gasteiger partial charge in [-0.25, -0.2) is 0 Å². The molecule has 0 amide bonds. The Morgan fingerprint density at radius 2 is 1.80 bits per heavy atom. The van der Waals surface area contributed by atoms with E-state index < -0.39 is 0 Å². The number of rotatable bonds is 3. The van der Waals surface area contributed by atoms with Gasteiger partial charge in [-0.05, 0) is 54.2 Å². The monoisotopic (exact) mass is 287 g/mol. The molecule has 0 aromatic heterocycles. The topological polar surface area (TPSA) is 76.9 Å². The first kappa shape index (κ1) is 13.8. The van der Waals surface area contributed by atoms with Crippen molar-refractivity contribution in [3.8, 4) is 11.5 Å². The summed E-state index contributed by atoms with van der Waals surface area (Å²) in [6, 6.07) is 13.2. The van der Waals surface area contributed by atoms with Gasteiger partial charge in [-0.3, -0.25) is 5.43 Å². The molecule has 0 fully saturated rings. The molecule has 6 heteroatoms. The average molecular weight is 287 g/mol. The predicted molar refractivity (Wildman–Crippen MR) is 83.2 cm³/mol. The molecule has 5 nitrogen and oxygen atoms in total. The Balaban J connectivity index is 1.87. The van der Waals surface area contributed by atoms with Crippen molar-refractivity contribution in [3.63, 3.8) is 0 Å². The van der Waals surface area contributed by atoms with Crippen LogP contribution in [-0.2, 0) is 0 Å². The molecule has 20 heavy (non-hydrogen) atoms. The number of aromatic hydroxyl groups is 2. The number of phenolic OH excluding ortho intramolecular Hbond substituents is 2. The minimum Gasteiger partial charge on any atom is -0.508 e. The molecule has 0 aliphatic carbocycles. The first-order valence-electron chi connectivity index (χ1n) is 5.81. The van der Waals surface area contributed by atoms with E-state index in [1.807, 2.05) is 0 Å². The van der Waals surface area contributed by atoms with Crippen molar-refractivity contribution in [3.05, 3.63) is 54.1 Å². The maximum atomic E-state index is 9.32. The van der Waals surface area contributed by atoms with E-state index in [1.54, 1.807) is 54.7 Å². The average Bonchev–Trinajstić information content (AvgIpc) is 2.41. The van der Waals surface area contributed by atoms with Crippen LogP contribution in [0.5, 0.6) is 11.5 Å². The van der Waals surface area contributed by atoms with Crippen molar-refractivity contribution >= 4 is 29.2 Å². The van der Waals surface area contributed by atoms with Gasteiger partial charge < -0.3 is 15.5 Å². The van der Waals surface area contributed by atoms with Crippen molar-refractivity contribution < 1.29 is 10.2 Å². The van der Waals surface area contributed by atoms with Crippen LogP contribution in [0.3, 0.4) is 0 Å². The normalized spacial score (nSPS) is 10.4. The minimum absolute atomic E-state index is 0.158. The van der Waals surface area contributed by atoms with Crippen LogP contribution in [0.15, 0.2) is 53.6 Å². The number of hydrogen-bond acceptors (Lipinski definition) is 4. The zero-order valence-corrected chi connectivity index (χ0v) is 11.3. The van der Waals surface area contributed by atoms with Crippen molar-refractivity contribution in [2.75, 3.05) is 5.32 Å². The van der Waals surface area contributed by atoms with Gasteiger partial charge in [0.15, 0.2) is 5.11 Å². The number of nitrogens with one attached hydrogen (secondary N) is 2. The second-order valence-electron chi connectivity index (χ2n) is 3.97. The highest BCUT2D eigenvalue weighted by Gasteiger charge is 1.97. The lowest BCUT2D eigenvalue weighted by molar-refractivity contribution is 0.475. The molecule has 0 bridgehead atoms. The number of anilines is 1. The van der Waals surface area contributed by atoms with E-state index in [1.165, 1.54) is 0 Å². The number of phenols is 2. The molecule has 0 unspecified atom stereocenters. The van der Waals surface area contributed by atoms with Crippen LogP contribution in [0.4, 0.5) is 5.69 Å². The summed E-state index contributed by atoms with van der Waals surface area (Å²) in [4.78, 5) is 0. The molecule has 0 aliphatic heterocycles. The van der Waals surface area contributed by atoms with E-state index in [-0.39, 0.29) is 11.5 Å². The summed E-state index contributed by atoms with van der Waals surface area (Å²) < 4.78 is 0. The van der Waals surface area contributed by atoms with E-state index in [0.29, 0.717) is 10.8 Å². The van der Waals surface area contributed by atoms with Gasteiger partial charge in [-0.1, -0.05) is 6.07 Å². The summed E-state index contributed by atoms with van der Waals surface area (Å²) in [5.41, 5.74) is 4.16. The Morgan fingerprint density at radius 1 is 1.05 bits per heavy atom. The van der Waals surface area contributed by atoms with Gasteiger partial charge in [0.1, 0.15) is 11.5 Å². The first-order valence-corrected chi connectivity index (χ1v) is 6.22. The van der Waals surface area contributed by atoms with Crippen LogP contribution in [0.25, 0.3) is 0 Å². The van der Waals surface area contributed by atoms with Gasteiger partial charge in [-0.2, -0.15) is 5.10 Å². The third-order valence-corrected chi connectivity index (χ3v) is 2.57. The highest BCUT2D eigenvalue weighted by atomic mass is 32.1. The van der Waals surface area contributed by atoms with Gasteiger partial charge in [0.2, 0.25) is 0 Å². The molecule has 4 N–H and O–H groups in total. The molecule has 0 saturated carbocycles. The lowest BCUT2D eigenvalue weighted by Crippen LogP contribution is -2.23. The fourth-order valence-electron chi connectivity index (χ4n) is 1.47. The van der Waals surface area contributed by atoms with Crippen LogP contribution in [-0.4, -0.2) is 21.5 Å². The molecule has 2 aromatic carbocycles. The molecule has 0 spiro atoms. The smallest absolute Gasteiger partial charge is 0.191 e. The molecule has 2 aromatic rings. The maximum Gasteiger partial charge on any atom is 0.191 e. The van der Waals surface area contributed by atoms with Crippen LogP contribution in [0, 0.1) is 0 Å². The van der Waals surface area contributed by atoms with E-state index in [2.05, 4.69) is 15.8 Å². The van der Waals surface area contributed by atoms with Crippen molar-refractivity contribution in [2.45, 2.75) is 0 Å². The number of benzene rings is 2. The molecule has 0 aliphatic rings. The van der Waals surface area contributed by atoms with E-state index in [4.69, 9.17) is 17.3 Å². The molecule has 0 heterocycles. The molecular weight excluding hydrogens is 274 g/mol. The maximum absolute atomic E-state index is 9.32. The van der Waals surface area contributed by atoms with E-state index >= 15 is 0 Å². The number of nitrogens with zero attached hydrogens (tertiary/aromatic N) is 1. The van der Waals surface area contributed by atoms with Gasteiger partial charge in [0.25, 0.3) is 0 Å². The Hall–Kier alpha value is -2.60. The summed E-state index contributed by atoms with van der Waals surface area (Å²) in [6.07, 6.45) is 1.58. The summed E-state index contributed by atoms with van der Waals surface area (Å²) in [7, 11) is 0. The Morgan fingerprint density at radius 3 is 2.50 bits per heavy atom. The fourth-order valence-corrected chi connectivity index (χ4v) is 1.64. The van der Waals surface area contributed by atoms with Crippen molar-refractivity contribution in [1.29, 1.82) is 0 Å². The minimum atomic E-state index is 0.158. The lowest BCUT2D eigenvalue weighted by atomic mass is 10.2. The Kier molecular flexibility index (Phi) is 4.52. The van der Waals surface area contributed by atoms with Crippen molar-refractivity contribution in [2.24, 2.45) is 5.10 Å². The molecule has 102 valence electrons. The second kappa shape index (κ2) is 6.53. The first-order chi connectivity index (χ1) is 9.63. The quantitative estimate of drug-likeness (QED) is 0.396. The highest BCUT2D eigenvalue weighted by Crippen LogP contribution is 2.15. The van der Waals surface area contributed by atoms with Gasteiger partial charge in [0.05, 0.1) is 6.21 Å². The third kappa shape index (κ3) is 4.25. The molecular formula is C14H13N3O2S. The highest BCUT2D eigenvalue weighted by molar-refractivity contribution is 7.80. The summed E-state index contributed by atoms with van der Waals surface area (Å²) >= 11 is 5.06. The largest absolute Gasteiger partial charge is 0.508 e. The molecule has 0 radical (unpaired) electrons. The number of hydrazone groups is 1. The second-order valence-corrected chi connectivity index (χ2v) is 4.37. The SMILES string of the molecule is Oc1ccc(/C=N/NC(=S)Nc2cccc(O)c2)cc1. The summed E-state index contributed by atoms with van der Waals surface area (Å²) in [5, 5.41) is 25.6. The van der Waals surface area contributed by atoms with Gasteiger partial charge in [0, 0.05) is 11.8 Å². The predicted octanol–water partition coefficient (Wildman–Crippen LogP) is 2.42. The number of thiocarbonyl (C=S) groups is 1. The van der Waals surface area contributed by atoms with Crippen molar-refractivity contribution in [1.82, 2.24) is 5.43 Å². The molecule has 0 atom stereocenters. The van der Waals surface area contributed by atoms with Crippen LogP contribution < -0.4 is 10.7 Å². The third-order valence-electron chi connectivity index (χ3n) is 2.38. The van der Waals surface area contributed by atoms with Crippen LogP contribution in [0.1, 0.15) is 5.56 Å². The van der Waals surface area contributed by atoms with Crippen LogP contribution >= 0.6 is 12.2 Å². The summed E-state index contributed by atoms with van der Waals surface area (Å²) in [5.74, 6) is 0.363.